The van der Waals surface area contributed by atoms with E-state index >= 15 is 0 Å². The van der Waals surface area contributed by atoms with E-state index in [2.05, 4.69) is 4.98 Å². The van der Waals surface area contributed by atoms with Crippen molar-refractivity contribution in [3.05, 3.63) is 65.9 Å². The van der Waals surface area contributed by atoms with Crippen molar-refractivity contribution in [2.45, 2.75) is 17.6 Å². The molecule has 0 aliphatic heterocycles. The largest absolute Gasteiger partial charge is 0.399 e. The number of fused-ring (bicyclic) bond motifs is 1. The number of benzene rings is 2. The first-order chi connectivity index (χ1) is 10.1. The van der Waals surface area contributed by atoms with Crippen molar-refractivity contribution in [3.63, 3.8) is 0 Å². The van der Waals surface area contributed by atoms with Gasteiger partial charge in [-0.05, 0) is 42.3 Å². The minimum atomic E-state index is -1.12. The summed E-state index contributed by atoms with van der Waals surface area (Å²) in [4.78, 5) is 5.14. The molecule has 0 fully saturated rings. The molecule has 0 saturated heterocycles. The van der Waals surface area contributed by atoms with Gasteiger partial charge < -0.3 is 5.73 Å². The number of aromatic nitrogens is 1. The zero-order chi connectivity index (χ0) is 14.8. The Morgan fingerprint density at radius 1 is 1.14 bits per heavy atom. The molecule has 0 radical (unpaired) electrons. The molecule has 106 valence electrons. The lowest BCUT2D eigenvalue weighted by Crippen LogP contribution is -2.01. The van der Waals surface area contributed by atoms with Gasteiger partial charge in [0.1, 0.15) is 0 Å². The van der Waals surface area contributed by atoms with Crippen LogP contribution in [0.3, 0.4) is 0 Å². The number of para-hydroxylation sites is 1. The molecule has 3 aromatic rings. The second-order valence-corrected chi connectivity index (χ2v) is 6.42. The summed E-state index contributed by atoms with van der Waals surface area (Å²) in [6.07, 6.45) is 1.76. The highest BCUT2D eigenvalue weighted by Gasteiger charge is 2.11. The minimum Gasteiger partial charge on any atom is -0.399 e. The fourth-order valence-corrected chi connectivity index (χ4v) is 3.75. The Hall–Kier alpha value is -2.20. The quantitative estimate of drug-likeness (QED) is 0.753. The molecule has 3 nitrogen and oxygen atoms in total. The second-order valence-electron chi connectivity index (χ2n) is 5.00. The Morgan fingerprint density at radius 3 is 2.81 bits per heavy atom. The van der Waals surface area contributed by atoms with E-state index in [1.807, 2.05) is 49.4 Å². The molecule has 2 N–H and O–H groups in total. The first-order valence-electron chi connectivity index (χ1n) is 6.72. The molecule has 0 aliphatic carbocycles. The van der Waals surface area contributed by atoms with Crippen molar-refractivity contribution in [3.8, 4) is 0 Å². The van der Waals surface area contributed by atoms with Crippen LogP contribution in [0.4, 0.5) is 5.69 Å². The lowest BCUT2D eigenvalue weighted by atomic mass is 10.1. The Morgan fingerprint density at radius 2 is 1.95 bits per heavy atom. The fraction of sp³-hybridized carbons (Fsp3) is 0.118. The Kier molecular flexibility index (Phi) is 3.71. The van der Waals surface area contributed by atoms with Crippen molar-refractivity contribution in [2.75, 3.05) is 5.73 Å². The monoisotopic (exact) mass is 296 g/mol. The summed E-state index contributed by atoms with van der Waals surface area (Å²) in [6, 6.07) is 15.4. The molecule has 1 atom stereocenters. The lowest BCUT2D eigenvalue weighted by molar-refractivity contribution is 0.682. The predicted molar refractivity (Wildman–Crippen MR) is 87.4 cm³/mol. The van der Waals surface area contributed by atoms with Crippen LogP contribution in [0.25, 0.3) is 10.9 Å². The topological polar surface area (TPSA) is 56.0 Å². The van der Waals surface area contributed by atoms with Crippen molar-refractivity contribution < 1.29 is 4.21 Å². The van der Waals surface area contributed by atoms with Gasteiger partial charge in [0.25, 0.3) is 0 Å². The number of hydrogen-bond acceptors (Lipinski definition) is 3. The maximum absolute atomic E-state index is 12.7. The van der Waals surface area contributed by atoms with Crippen molar-refractivity contribution in [2.24, 2.45) is 0 Å². The molecular formula is C17H16N2OS. The van der Waals surface area contributed by atoms with Crippen LogP contribution < -0.4 is 5.73 Å². The highest BCUT2D eigenvalue weighted by atomic mass is 32.2. The van der Waals surface area contributed by atoms with Gasteiger partial charge in [0, 0.05) is 22.2 Å². The van der Waals surface area contributed by atoms with Gasteiger partial charge in [-0.1, -0.05) is 24.3 Å². The number of rotatable bonds is 3. The standard InChI is InChI=1S/C17H16N2OS/c1-12-6-7-14(18)10-17(12)21(20)11-13-8-9-19-16-5-3-2-4-15(13)16/h2-10H,11,18H2,1H3. The normalized spacial score (nSPS) is 12.4. The summed E-state index contributed by atoms with van der Waals surface area (Å²) in [5.41, 5.74) is 9.42. The summed E-state index contributed by atoms with van der Waals surface area (Å²) in [6.45, 7) is 1.96. The number of nitrogens with two attached hydrogens (primary N) is 1. The second kappa shape index (κ2) is 5.66. The summed E-state index contributed by atoms with van der Waals surface area (Å²) >= 11 is 0. The molecular weight excluding hydrogens is 280 g/mol. The Balaban J connectivity index is 1.99. The van der Waals surface area contributed by atoms with Crippen LogP contribution in [0.5, 0.6) is 0 Å². The third-order valence-corrected chi connectivity index (χ3v) is 4.99. The van der Waals surface area contributed by atoms with Gasteiger partial charge >= 0.3 is 0 Å². The Bertz CT molecular complexity index is 825. The fourth-order valence-electron chi connectivity index (χ4n) is 2.36. The predicted octanol–water partition coefficient (Wildman–Crippen LogP) is 3.43. The number of nitrogen functional groups attached to an aromatic ring is 1. The Labute approximate surface area is 126 Å². The zero-order valence-corrected chi connectivity index (χ0v) is 12.6. The van der Waals surface area contributed by atoms with Crippen LogP contribution in [0.1, 0.15) is 11.1 Å². The average molecular weight is 296 g/mol. The van der Waals surface area contributed by atoms with Gasteiger partial charge in [0.15, 0.2) is 0 Å². The van der Waals surface area contributed by atoms with Gasteiger partial charge in [-0.25, -0.2) is 0 Å². The van der Waals surface area contributed by atoms with E-state index in [0.717, 1.165) is 26.9 Å². The van der Waals surface area contributed by atoms with E-state index < -0.39 is 10.8 Å². The molecule has 0 aliphatic rings. The van der Waals surface area contributed by atoms with Gasteiger partial charge in [-0.15, -0.1) is 0 Å². The SMILES string of the molecule is Cc1ccc(N)cc1S(=O)Cc1ccnc2ccccc12. The van der Waals surface area contributed by atoms with Gasteiger partial charge in [-0.2, -0.15) is 0 Å². The number of nitrogens with zero attached hydrogens (tertiary/aromatic N) is 1. The third-order valence-electron chi connectivity index (χ3n) is 3.48. The summed E-state index contributed by atoms with van der Waals surface area (Å²) < 4.78 is 12.7. The summed E-state index contributed by atoms with van der Waals surface area (Å²) in [5, 5.41) is 1.05. The smallest absolute Gasteiger partial charge is 0.0705 e. The highest BCUT2D eigenvalue weighted by molar-refractivity contribution is 7.84. The number of aryl methyl sites for hydroxylation is 1. The van der Waals surface area contributed by atoms with Crippen molar-refractivity contribution in [1.29, 1.82) is 0 Å². The number of pyridine rings is 1. The van der Waals surface area contributed by atoms with E-state index in [4.69, 9.17) is 5.73 Å². The molecule has 0 bridgehead atoms. The zero-order valence-electron chi connectivity index (χ0n) is 11.7. The van der Waals surface area contributed by atoms with E-state index in [1.165, 1.54) is 0 Å². The third kappa shape index (κ3) is 2.81. The maximum Gasteiger partial charge on any atom is 0.0705 e. The lowest BCUT2D eigenvalue weighted by Gasteiger charge is -2.09. The van der Waals surface area contributed by atoms with E-state index in [0.29, 0.717) is 11.4 Å². The molecule has 3 rings (SSSR count). The van der Waals surface area contributed by atoms with Crippen LogP contribution in [0.2, 0.25) is 0 Å². The van der Waals surface area contributed by atoms with Gasteiger partial charge in [0.05, 0.1) is 22.1 Å². The van der Waals surface area contributed by atoms with Crippen LogP contribution in [-0.2, 0) is 16.6 Å². The molecule has 4 heteroatoms. The van der Waals surface area contributed by atoms with E-state index in [9.17, 15) is 4.21 Å². The van der Waals surface area contributed by atoms with Crippen molar-refractivity contribution >= 4 is 27.4 Å². The average Bonchev–Trinajstić information content (AvgIpc) is 2.50. The van der Waals surface area contributed by atoms with Crippen LogP contribution >= 0.6 is 0 Å². The van der Waals surface area contributed by atoms with Crippen molar-refractivity contribution in [1.82, 2.24) is 4.98 Å². The summed E-state index contributed by atoms with van der Waals surface area (Å²) in [7, 11) is -1.12. The van der Waals surface area contributed by atoms with Crippen LogP contribution in [-0.4, -0.2) is 9.19 Å². The number of anilines is 1. The number of hydrogen-bond donors (Lipinski definition) is 1. The molecule has 2 aromatic carbocycles. The molecule has 0 saturated carbocycles. The van der Waals surface area contributed by atoms with Gasteiger partial charge in [-0.3, -0.25) is 9.19 Å². The van der Waals surface area contributed by atoms with Crippen LogP contribution in [0.15, 0.2) is 59.6 Å². The molecule has 1 aromatic heterocycles. The summed E-state index contributed by atoms with van der Waals surface area (Å²) in [5.74, 6) is 0.466. The van der Waals surface area contributed by atoms with E-state index in [1.54, 1.807) is 12.3 Å². The molecule has 1 heterocycles. The minimum absolute atomic E-state index is 0.466. The maximum atomic E-state index is 12.7. The molecule has 0 spiro atoms. The highest BCUT2D eigenvalue weighted by Crippen LogP contribution is 2.23. The molecule has 0 amide bonds. The van der Waals surface area contributed by atoms with Gasteiger partial charge in [0.2, 0.25) is 0 Å². The van der Waals surface area contributed by atoms with Crippen LogP contribution in [0, 0.1) is 6.92 Å². The van der Waals surface area contributed by atoms with E-state index in [-0.39, 0.29) is 0 Å². The first-order valence-corrected chi connectivity index (χ1v) is 8.04. The first kappa shape index (κ1) is 13.8. The molecule has 21 heavy (non-hydrogen) atoms. The molecule has 1 unspecified atom stereocenters.